The van der Waals surface area contributed by atoms with E-state index < -0.39 is 42.6 Å². The molecule has 0 saturated carbocycles. The highest BCUT2D eigenvalue weighted by atomic mass is 16.4. The van der Waals surface area contributed by atoms with Gasteiger partial charge in [0.05, 0.1) is 6.54 Å². The molecule has 0 aromatic rings. The Morgan fingerprint density at radius 3 is 2.07 bits per heavy atom. The highest BCUT2D eigenvalue weighted by Gasteiger charge is 2.51. The van der Waals surface area contributed by atoms with E-state index in [4.69, 9.17) is 21.1 Å². The van der Waals surface area contributed by atoms with Crippen molar-refractivity contribution in [2.75, 3.05) is 6.54 Å². The number of carboxylic acid groups (broad SMARTS) is 3. The minimum Gasteiger partial charge on any atom is -0.480 e. The lowest BCUT2D eigenvalue weighted by Crippen LogP contribution is -2.50. The van der Waals surface area contributed by atoms with Gasteiger partial charge in [-0.25, -0.2) is 9.59 Å². The Bertz CT molecular complexity index is 305. The van der Waals surface area contributed by atoms with Gasteiger partial charge in [0.25, 0.3) is 0 Å². The van der Waals surface area contributed by atoms with E-state index in [-0.39, 0.29) is 0 Å². The molecule has 1 saturated heterocycles. The molecule has 8 heteroatoms. The van der Waals surface area contributed by atoms with E-state index in [1.807, 2.05) is 0 Å². The van der Waals surface area contributed by atoms with Gasteiger partial charge in [0, 0.05) is 6.42 Å². The molecule has 8 nitrogen and oxygen atoms in total. The van der Waals surface area contributed by atoms with E-state index in [9.17, 15) is 14.4 Å². The van der Waals surface area contributed by atoms with Crippen molar-refractivity contribution in [2.24, 2.45) is 5.73 Å². The predicted molar refractivity (Wildman–Crippen MR) is 45.3 cm³/mol. The van der Waals surface area contributed by atoms with Crippen molar-refractivity contribution in [3.63, 3.8) is 0 Å². The lowest BCUT2D eigenvalue weighted by molar-refractivity contribution is -0.142. The summed E-state index contributed by atoms with van der Waals surface area (Å²) in [7, 11) is 0. The molecule has 0 aliphatic carbocycles. The number of carbonyl (C=O) groups is 3. The van der Waals surface area contributed by atoms with Crippen molar-refractivity contribution in [2.45, 2.75) is 18.0 Å². The molecule has 0 spiro atoms. The lowest BCUT2D eigenvalue weighted by Gasteiger charge is -2.18. The molecule has 0 unspecified atom stereocenters. The van der Waals surface area contributed by atoms with Crippen LogP contribution in [0, 0.1) is 0 Å². The zero-order valence-corrected chi connectivity index (χ0v) is 7.58. The summed E-state index contributed by atoms with van der Waals surface area (Å²) >= 11 is 0. The fourth-order valence-electron chi connectivity index (χ4n) is 1.51. The molecule has 0 aromatic heterocycles. The quantitative estimate of drug-likeness (QED) is 0.446. The van der Waals surface area contributed by atoms with E-state index in [0.717, 1.165) is 0 Å². The fraction of sp³-hybridized carbons (Fsp3) is 0.571. The maximum Gasteiger partial charge on any atom is 0.408 e. The van der Waals surface area contributed by atoms with Crippen LogP contribution in [0.5, 0.6) is 0 Å². The first-order chi connectivity index (χ1) is 6.78. The average molecular weight is 218 g/mol. The summed E-state index contributed by atoms with van der Waals surface area (Å²) in [5.74, 6) is -2.80. The Kier molecular flexibility index (Phi) is 2.54. The van der Waals surface area contributed by atoms with Gasteiger partial charge in [0.15, 0.2) is 0 Å². The smallest absolute Gasteiger partial charge is 0.408 e. The SMILES string of the molecule is N[C@]1(C(=O)O)C[C@H](C(=O)O)N(C(=O)O)C1. The first kappa shape index (κ1) is 11.2. The molecule has 15 heavy (non-hydrogen) atoms. The van der Waals surface area contributed by atoms with Gasteiger partial charge in [-0.15, -0.1) is 0 Å². The number of carboxylic acids is 2. The molecule has 1 amide bonds. The third kappa shape index (κ3) is 1.84. The molecule has 0 radical (unpaired) electrons. The van der Waals surface area contributed by atoms with Gasteiger partial charge >= 0.3 is 18.0 Å². The van der Waals surface area contributed by atoms with Crippen molar-refractivity contribution in [3.05, 3.63) is 0 Å². The first-order valence-electron chi connectivity index (χ1n) is 4.02. The van der Waals surface area contributed by atoms with E-state index in [0.29, 0.717) is 4.90 Å². The molecule has 5 N–H and O–H groups in total. The third-order valence-corrected chi connectivity index (χ3v) is 2.34. The molecule has 1 aliphatic heterocycles. The van der Waals surface area contributed by atoms with Gasteiger partial charge < -0.3 is 21.1 Å². The number of likely N-dealkylation sites (tertiary alicyclic amines) is 1. The van der Waals surface area contributed by atoms with Gasteiger partial charge in [0.1, 0.15) is 11.6 Å². The van der Waals surface area contributed by atoms with Crippen LogP contribution in [0.15, 0.2) is 0 Å². The summed E-state index contributed by atoms with van der Waals surface area (Å²) in [4.78, 5) is 32.6. The minimum atomic E-state index is -1.82. The minimum absolute atomic E-state index is 0.427. The molecule has 1 heterocycles. The number of amides is 1. The van der Waals surface area contributed by atoms with Gasteiger partial charge in [0.2, 0.25) is 0 Å². The van der Waals surface area contributed by atoms with E-state index >= 15 is 0 Å². The van der Waals surface area contributed by atoms with Crippen molar-refractivity contribution in [1.82, 2.24) is 4.90 Å². The maximum absolute atomic E-state index is 10.7. The molecule has 1 fully saturated rings. The Hall–Kier alpha value is -1.83. The average Bonchev–Trinajstić information content (AvgIpc) is 2.45. The van der Waals surface area contributed by atoms with Crippen molar-refractivity contribution < 1.29 is 29.7 Å². The molecular formula is C7H10N2O6. The standard InChI is InChI=1S/C7H10N2O6/c8-7(5(12)13)1-3(4(10)11)9(2-7)6(14)15/h3H,1-2,8H2,(H,10,11)(H,12,13)(H,14,15)/t3-,7-/m1/s1. The van der Waals surface area contributed by atoms with E-state index in [2.05, 4.69) is 0 Å². The molecular weight excluding hydrogens is 208 g/mol. The van der Waals surface area contributed by atoms with Crippen LogP contribution >= 0.6 is 0 Å². The van der Waals surface area contributed by atoms with E-state index in [1.54, 1.807) is 0 Å². The van der Waals surface area contributed by atoms with Crippen molar-refractivity contribution >= 4 is 18.0 Å². The largest absolute Gasteiger partial charge is 0.480 e. The maximum atomic E-state index is 10.7. The Balaban J connectivity index is 2.97. The van der Waals surface area contributed by atoms with E-state index in [1.165, 1.54) is 0 Å². The highest BCUT2D eigenvalue weighted by molar-refractivity contribution is 5.86. The second-order valence-corrected chi connectivity index (χ2v) is 3.43. The normalized spacial score (nSPS) is 30.2. The number of hydrogen-bond donors (Lipinski definition) is 4. The van der Waals surface area contributed by atoms with Crippen LogP contribution in [0.25, 0.3) is 0 Å². The molecule has 2 atom stereocenters. The Morgan fingerprint density at radius 1 is 1.27 bits per heavy atom. The number of hydrogen-bond acceptors (Lipinski definition) is 4. The summed E-state index contributed by atoms with van der Waals surface area (Å²) in [6.45, 7) is -0.519. The number of aliphatic carboxylic acids is 2. The highest BCUT2D eigenvalue weighted by Crippen LogP contribution is 2.25. The van der Waals surface area contributed by atoms with Gasteiger partial charge in [-0.05, 0) is 0 Å². The zero-order valence-electron chi connectivity index (χ0n) is 7.58. The van der Waals surface area contributed by atoms with Gasteiger partial charge in [-0.3, -0.25) is 9.69 Å². The van der Waals surface area contributed by atoms with Gasteiger partial charge in [-0.2, -0.15) is 0 Å². The van der Waals surface area contributed by atoms with Crippen molar-refractivity contribution in [1.29, 1.82) is 0 Å². The van der Waals surface area contributed by atoms with Crippen LogP contribution in [0.4, 0.5) is 4.79 Å². The summed E-state index contributed by atoms with van der Waals surface area (Å²) in [5, 5.41) is 26.1. The summed E-state index contributed by atoms with van der Waals surface area (Å²) in [6, 6.07) is -1.40. The Labute approximate surface area is 83.9 Å². The number of nitrogens with zero attached hydrogens (tertiary/aromatic N) is 1. The monoisotopic (exact) mass is 218 g/mol. The number of rotatable bonds is 2. The van der Waals surface area contributed by atoms with Crippen LogP contribution in [-0.4, -0.2) is 56.4 Å². The topological polar surface area (TPSA) is 141 Å². The number of nitrogens with two attached hydrogens (primary N) is 1. The van der Waals surface area contributed by atoms with Crippen LogP contribution in [-0.2, 0) is 9.59 Å². The molecule has 0 bridgehead atoms. The van der Waals surface area contributed by atoms with Crippen LogP contribution in [0.1, 0.15) is 6.42 Å². The summed E-state index contributed by atoms with van der Waals surface area (Å²) in [5.41, 5.74) is 3.57. The molecule has 1 aliphatic rings. The fourth-order valence-corrected chi connectivity index (χ4v) is 1.51. The van der Waals surface area contributed by atoms with Crippen LogP contribution in [0.3, 0.4) is 0 Å². The molecule has 1 rings (SSSR count). The van der Waals surface area contributed by atoms with Crippen LogP contribution in [0.2, 0.25) is 0 Å². The molecule has 84 valence electrons. The molecule has 0 aromatic carbocycles. The summed E-state index contributed by atoms with van der Waals surface area (Å²) < 4.78 is 0. The Morgan fingerprint density at radius 2 is 1.80 bits per heavy atom. The predicted octanol–water partition coefficient (Wildman–Crippen LogP) is -1.39. The second kappa shape index (κ2) is 3.39. The zero-order chi connectivity index (χ0) is 11.8. The first-order valence-corrected chi connectivity index (χ1v) is 4.02. The third-order valence-electron chi connectivity index (χ3n) is 2.34. The summed E-state index contributed by atoms with van der Waals surface area (Å²) in [6.07, 6.45) is -1.92. The lowest BCUT2D eigenvalue weighted by atomic mass is 9.98. The van der Waals surface area contributed by atoms with Crippen molar-refractivity contribution in [3.8, 4) is 0 Å². The van der Waals surface area contributed by atoms with Gasteiger partial charge in [-0.1, -0.05) is 0 Å². The second-order valence-electron chi connectivity index (χ2n) is 3.43. The van der Waals surface area contributed by atoms with Crippen LogP contribution < -0.4 is 5.73 Å².